The Morgan fingerprint density at radius 3 is 2.29 bits per heavy atom. The standard InChI is InChI=1S/C13H13Br/c1-10-4-2-3-5-13(10)11-6-8-12(14)9-7-11/h2-10,13H,1H3. The normalized spacial score (nSPS) is 25.3. The molecule has 0 spiro atoms. The zero-order valence-corrected chi connectivity index (χ0v) is 9.74. The lowest BCUT2D eigenvalue weighted by Gasteiger charge is -2.20. The molecular weight excluding hydrogens is 236 g/mol. The van der Waals surface area contributed by atoms with Crippen molar-refractivity contribution in [3.63, 3.8) is 0 Å². The zero-order chi connectivity index (χ0) is 9.97. The van der Waals surface area contributed by atoms with Crippen molar-refractivity contribution in [3.05, 3.63) is 58.6 Å². The molecule has 2 rings (SSSR count). The average Bonchev–Trinajstić information content (AvgIpc) is 2.20. The summed E-state index contributed by atoms with van der Waals surface area (Å²) in [5, 5.41) is 0. The Morgan fingerprint density at radius 1 is 1.00 bits per heavy atom. The van der Waals surface area contributed by atoms with E-state index in [4.69, 9.17) is 0 Å². The monoisotopic (exact) mass is 248 g/mol. The summed E-state index contributed by atoms with van der Waals surface area (Å²) in [6, 6.07) is 8.59. The molecule has 0 N–H and O–H groups in total. The van der Waals surface area contributed by atoms with Crippen molar-refractivity contribution in [2.45, 2.75) is 12.8 Å². The van der Waals surface area contributed by atoms with Crippen LogP contribution in [-0.4, -0.2) is 0 Å². The number of benzene rings is 1. The molecule has 1 aliphatic carbocycles. The van der Waals surface area contributed by atoms with Crippen LogP contribution >= 0.6 is 15.9 Å². The highest BCUT2D eigenvalue weighted by Crippen LogP contribution is 2.30. The van der Waals surface area contributed by atoms with E-state index in [2.05, 4.69) is 71.4 Å². The predicted octanol–water partition coefficient (Wildman–Crippen LogP) is 4.29. The first-order valence-corrected chi connectivity index (χ1v) is 5.67. The SMILES string of the molecule is CC1C=CC=CC1c1ccc(Br)cc1. The zero-order valence-electron chi connectivity index (χ0n) is 8.15. The fourth-order valence-electron chi connectivity index (χ4n) is 1.82. The van der Waals surface area contributed by atoms with Gasteiger partial charge in [0.15, 0.2) is 0 Å². The average molecular weight is 249 g/mol. The Bertz CT molecular complexity index is 359. The predicted molar refractivity (Wildman–Crippen MR) is 64.3 cm³/mol. The minimum Gasteiger partial charge on any atom is -0.0808 e. The highest BCUT2D eigenvalue weighted by Gasteiger charge is 2.15. The lowest BCUT2D eigenvalue weighted by atomic mass is 9.84. The maximum Gasteiger partial charge on any atom is 0.0175 e. The van der Waals surface area contributed by atoms with E-state index in [9.17, 15) is 0 Å². The van der Waals surface area contributed by atoms with Gasteiger partial charge in [0.25, 0.3) is 0 Å². The Hall–Kier alpha value is -0.820. The summed E-state index contributed by atoms with van der Waals surface area (Å²) in [5.74, 6) is 1.13. The molecule has 1 aliphatic rings. The van der Waals surface area contributed by atoms with Crippen LogP contribution in [0.2, 0.25) is 0 Å². The van der Waals surface area contributed by atoms with Gasteiger partial charge in [-0.3, -0.25) is 0 Å². The van der Waals surface area contributed by atoms with Crippen LogP contribution in [0, 0.1) is 5.92 Å². The van der Waals surface area contributed by atoms with E-state index in [1.165, 1.54) is 5.56 Å². The molecule has 2 unspecified atom stereocenters. The summed E-state index contributed by atoms with van der Waals surface area (Å²) in [6.07, 6.45) is 8.79. The molecular formula is C13H13Br. The number of halogens is 1. The molecule has 14 heavy (non-hydrogen) atoms. The van der Waals surface area contributed by atoms with Gasteiger partial charge in [0.1, 0.15) is 0 Å². The van der Waals surface area contributed by atoms with Crippen molar-refractivity contribution in [1.82, 2.24) is 0 Å². The van der Waals surface area contributed by atoms with Crippen LogP contribution in [0.1, 0.15) is 18.4 Å². The van der Waals surface area contributed by atoms with Gasteiger partial charge in [-0.15, -0.1) is 0 Å². The molecule has 0 nitrogen and oxygen atoms in total. The van der Waals surface area contributed by atoms with Crippen LogP contribution in [0.25, 0.3) is 0 Å². The third-order valence-corrected chi connectivity index (χ3v) is 3.19. The number of allylic oxidation sites excluding steroid dienone is 4. The van der Waals surface area contributed by atoms with Gasteiger partial charge in [-0.25, -0.2) is 0 Å². The quantitative estimate of drug-likeness (QED) is 0.696. The van der Waals surface area contributed by atoms with Crippen LogP contribution in [0.3, 0.4) is 0 Å². The van der Waals surface area contributed by atoms with Gasteiger partial charge >= 0.3 is 0 Å². The van der Waals surface area contributed by atoms with Crippen LogP contribution < -0.4 is 0 Å². The van der Waals surface area contributed by atoms with Crippen molar-refractivity contribution in [1.29, 1.82) is 0 Å². The summed E-state index contributed by atoms with van der Waals surface area (Å²) in [5.41, 5.74) is 1.39. The van der Waals surface area contributed by atoms with Crippen molar-refractivity contribution >= 4 is 15.9 Å². The van der Waals surface area contributed by atoms with E-state index in [0.717, 1.165) is 4.47 Å². The molecule has 0 bridgehead atoms. The largest absolute Gasteiger partial charge is 0.0808 e. The second kappa shape index (κ2) is 4.14. The Labute approximate surface area is 93.5 Å². The molecule has 0 aliphatic heterocycles. The van der Waals surface area contributed by atoms with Gasteiger partial charge in [-0.05, 0) is 23.6 Å². The van der Waals surface area contributed by atoms with Crippen molar-refractivity contribution < 1.29 is 0 Å². The minimum atomic E-state index is 0.535. The van der Waals surface area contributed by atoms with E-state index in [1.807, 2.05) is 0 Å². The van der Waals surface area contributed by atoms with E-state index >= 15 is 0 Å². The molecule has 0 saturated carbocycles. The smallest absolute Gasteiger partial charge is 0.0175 e. The maximum absolute atomic E-state index is 3.45. The molecule has 0 heterocycles. The first-order valence-electron chi connectivity index (χ1n) is 4.88. The molecule has 0 fully saturated rings. The van der Waals surface area contributed by atoms with Gasteiger partial charge in [-0.1, -0.05) is 59.3 Å². The molecule has 0 aromatic heterocycles. The van der Waals surface area contributed by atoms with Gasteiger partial charge < -0.3 is 0 Å². The third kappa shape index (κ3) is 1.98. The minimum absolute atomic E-state index is 0.535. The van der Waals surface area contributed by atoms with Gasteiger partial charge in [0, 0.05) is 10.4 Å². The van der Waals surface area contributed by atoms with Crippen LogP contribution in [-0.2, 0) is 0 Å². The second-order valence-electron chi connectivity index (χ2n) is 3.71. The summed E-state index contributed by atoms with van der Waals surface area (Å²) >= 11 is 3.45. The van der Waals surface area contributed by atoms with Crippen molar-refractivity contribution in [2.24, 2.45) is 5.92 Å². The summed E-state index contributed by atoms with van der Waals surface area (Å²) in [7, 11) is 0. The molecule has 1 heteroatoms. The first-order chi connectivity index (χ1) is 6.77. The fraction of sp³-hybridized carbons (Fsp3) is 0.231. The molecule has 0 radical (unpaired) electrons. The second-order valence-corrected chi connectivity index (χ2v) is 4.62. The Balaban J connectivity index is 2.27. The van der Waals surface area contributed by atoms with Crippen LogP contribution in [0.4, 0.5) is 0 Å². The fourth-order valence-corrected chi connectivity index (χ4v) is 2.08. The van der Waals surface area contributed by atoms with Crippen LogP contribution in [0.5, 0.6) is 0 Å². The summed E-state index contributed by atoms with van der Waals surface area (Å²) < 4.78 is 1.14. The number of rotatable bonds is 1. The Kier molecular flexibility index (Phi) is 2.87. The topological polar surface area (TPSA) is 0 Å². The van der Waals surface area contributed by atoms with Crippen molar-refractivity contribution in [3.8, 4) is 0 Å². The lowest BCUT2D eigenvalue weighted by molar-refractivity contribution is 0.635. The molecule has 72 valence electrons. The molecule has 2 atom stereocenters. The third-order valence-electron chi connectivity index (χ3n) is 2.67. The van der Waals surface area contributed by atoms with Gasteiger partial charge in [-0.2, -0.15) is 0 Å². The number of hydrogen-bond donors (Lipinski definition) is 0. The van der Waals surface area contributed by atoms with Gasteiger partial charge in [0.2, 0.25) is 0 Å². The summed E-state index contributed by atoms with van der Waals surface area (Å²) in [4.78, 5) is 0. The lowest BCUT2D eigenvalue weighted by Crippen LogP contribution is -2.06. The van der Waals surface area contributed by atoms with E-state index in [-0.39, 0.29) is 0 Å². The van der Waals surface area contributed by atoms with Gasteiger partial charge in [0.05, 0.1) is 0 Å². The maximum atomic E-state index is 3.45. The molecule has 0 amide bonds. The molecule has 0 saturated heterocycles. The van der Waals surface area contributed by atoms with E-state index in [1.54, 1.807) is 0 Å². The first kappa shape index (κ1) is 9.72. The van der Waals surface area contributed by atoms with E-state index in [0.29, 0.717) is 11.8 Å². The summed E-state index contributed by atoms with van der Waals surface area (Å²) in [6.45, 7) is 2.26. The highest BCUT2D eigenvalue weighted by molar-refractivity contribution is 9.10. The Morgan fingerprint density at radius 2 is 1.64 bits per heavy atom. The highest BCUT2D eigenvalue weighted by atomic mass is 79.9. The molecule has 1 aromatic carbocycles. The molecule has 1 aromatic rings. The van der Waals surface area contributed by atoms with Crippen LogP contribution in [0.15, 0.2) is 53.0 Å². The number of hydrogen-bond acceptors (Lipinski definition) is 0. The van der Waals surface area contributed by atoms with Crippen molar-refractivity contribution in [2.75, 3.05) is 0 Å². The van der Waals surface area contributed by atoms with E-state index < -0.39 is 0 Å².